The topological polar surface area (TPSA) is 152 Å². The largest absolute Gasteiger partial charge is 0.492 e. The Labute approximate surface area is 262 Å². The highest BCUT2D eigenvalue weighted by atomic mass is 16.5. The molecule has 12 heteroatoms. The number of nitrogens with zero attached hydrogens (tertiary/aromatic N) is 5. The van der Waals surface area contributed by atoms with Crippen molar-refractivity contribution in [3.05, 3.63) is 75.7 Å². The first-order valence-corrected chi connectivity index (χ1v) is 15.6. The molecule has 0 atom stereocenters. The second kappa shape index (κ2) is 15.0. The molecule has 240 valence electrons. The number of carboxylic acid groups (broad SMARTS) is 1. The number of likely N-dealkylation sites (N-methyl/N-ethyl adjacent to an activating group) is 1. The molecule has 0 amide bonds. The number of nitrogens with two attached hydrogens (primary N) is 1. The summed E-state index contributed by atoms with van der Waals surface area (Å²) in [5, 5.41) is 9.01. The monoisotopic (exact) mass is 617 g/mol. The van der Waals surface area contributed by atoms with Crippen LogP contribution in [0.15, 0.2) is 53.3 Å². The van der Waals surface area contributed by atoms with Gasteiger partial charge in [0.25, 0.3) is 0 Å². The minimum absolute atomic E-state index is 0.00585. The van der Waals surface area contributed by atoms with Crippen LogP contribution in [0.2, 0.25) is 0 Å². The normalized spacial score (nSPS) is 14.3. The Balaban J connectivity index is 1.09. The van der Waals surface area contributed by atoms with Crippen LogP contribution in [0.5, 0.6) is 11.8 Å². The Bertz CT molecular complexity index is 1630. The molecule has 0 spiro atoms. The molecule has 45 heavy (non-hydrogen) atoms. The van der Waals surface area contributed by atoms with E-state index in [2.05, 4.69) is 63.0 Å². The van der Waals surface area contributed by atoms with Gasteiger partial charge < -0.3 is 25.3 Å². The van der Waals surface area contributed by atoms with Crippen molar-refractivity contribution in [1.82, 2.24) is 29.3 Å². The van der Waals surface area contributed by atoms with E-state index in [0.29, 0.717) is 42.7 Å². The van der Waals surface area contributed by atoms with Crippen molar-refractivity contribution in [3.63, 3.8) is 0 Å². The predicted octanol–water partition coefficient (Wildman–Crippen LogP) is 3.53. The summed E-state index contributed by atoms with van der Waals surface area (Å²) in [5.41, 5.74) is 9.62. The Morgan fingerprint density at radius 2 is 1.78 bits per heavy atom. The van der Waals surface area contributed by atoms with E-state index in [1.165, 1.54) is 5.56 Å². The number of H-pyrrole nitrogens is 1. The van der Waals surface area contributed by atoms with Crippen molar-refractivity contribution >= 4 is 23.0 Å². The van der Waals surface area contributed by atoms with Gasteiger partial charge in [0.1, 0.15) is 17.9 Å². The van der Waals surface area contributed by atoms with Crippen molar-refractivity contribution in [2.24, 2.45) is 0 Å². The molecule has 1 saturated heterocycles. The smallest absolute Gasteiger partial charge is 0.328 e. The van der Waals surface area contributed by atoms with Gasteiger partial charge in [0.2, 0.25) is 0 Å². The molecule has 0 saturated carbocycles. The predicted molar refractivity (Wildman–Crippen MR) is 173 cm³/mol. The van der Waals surface area contributed by atoms with E-state index in [0.717, 1.165) is 63.0 Å². The van der Waals surface area contributed by atoms with Gasteiger partial charge in [0.05, 0.1) is 19.6 Å². The summed E-state index contributed by atoms with van der Waals surface area (Å²) in [7, 11) is 2.14. The summed E-state index contributed by atoms with van der Waals surface area (Å²) in [6, 6.07) is 16.3. The highest BCUT2D eigenvalue weighted by molar-refractivity contribution is 5.82. The number of unbranched alkanes of at least 4 members (excludes halogenated alkanes) is 1. The molecule has 0 bridgehead atoms. The van der Waals surface area contributed by atoms with Gasteiger partial charge >= 0.3 is 17.7 Å². The lowest BCUT2D eigenvalue weighted by molar-refractivity contribution is -0.136. The van der Waals surface area contributed by atoms with E-state index in [4.69, 9.17) is 20.3 Å². The van der Waals surface area contributed by atoms with Gasteiger partial charge in [-0.05, 0) is 68.2 Å². The van der Waals surface area contributed by atoms with Crippen molar-refractivity contribution in [3.8, 4) is 11.8 Å². The number of aliphatic carboxylic acids is 1. The third-order valence-corrected chi connectivity index (χ3v) is 8.28. The number of rotatable bonds is 15. The SMILES string of the molecule is CCCCOc1nc(N)c2[nH]c(=O)n(Cc3ccc(CN4CCC(N(C)CCOc5cccc(CC(=O)O)c5)CC4)cc3)c2n1. The van der Waals surface area contributed by atoms with Crippen LogP contribution in [0.25, 0.3) is 11.2 Å². The number of fused-ring (bicyclic) bond motifs is 1. The molecule has 0 unspecified atom stereocenters. The van der Waals surface area contributed by atoms with Crippen LogP contribution >= 0.6 is 0 Å². The summed E-state index contributed by atoms with van der Waals surface area (Å²) in [5.74, 6) is 0.0532. The Hall–Kier alpha value is -4.42. The average molecular weight is 618 g/mol. The Morgan fingerprint density at radius 1 is 1.04 bits per heavy atom. The average Bonchev–Trinajstić information content (AvgIpc) is 3.33. The molecule has 4 aromatic rings. The molecule has 3 heterocycles. The van der Waals surface area contributed by atoms with E-state index in [1.807, 2.05) is 12.1 Å². The van der Waals surface area contributed by atoms with Crippen molar-refractivity contribution in [2.75, 3.05) is 45.6 Å². The fourth-order valence-electron chi connectivity index (χ4n) is 5.67. The van der Waals surface area contributed by atoms with Crippen LogP contribution in [0, 0.1) is 0 Å². The molecular weight excluding hydrogens is 574 g/mol. The number of nitrogens with one attached hydrogen (secondary N) is 1. The molecule has 2 aromatic carbocycles. The van der Waals surface area contributed by atoms with E-state index in [1.54, 1.807) is 16.7 Å². The second-order valence-electron chi connectivity index (χ2n) is 11.7. The molecule has 0 radical (unpaired) electrons. The van der Waals surface area contributed by atoms with Crippen LogP contribution < -0.4 is 20.9 Å². The maximum absolute atomic E-state index is 12.7. The minimum atomic E-state index is -0.848. The number of aromatic amines is 1. The zero-order chi connectivity index (χ0) is 31.8. The molecule has 1 fully saturated rings. The van der Waals surface area contributed by atoms with E-state index >= 15 is 0 Å². The number of ether oxygens (including phenoxy) is 2. The van der Waals surface area contributed by atoms with Gasteiger partial charge in [-0.1, -0.05) is 49.7 Å². The van der Waals surface area contributed by atoms with Gasteiger partial charge in [-0.25, -0.2) is 4.79 Å². The summed E-state index contributed by atoms with van der Waals surface area (Å²) in [6.07, 6.45) is 4.04. The van der Waals surface area contributed by atoms with E-state index < -0.39 is 5.97 Å². The summed E-state index contributed by atoms with van der Waals surface area (Å²) < 4.78 is 13.1. The first-order valence-electron chi connectivity index (χ1n) is 15.6. The maximum atomic E-state index is 12.7. The third-order valence-electron chi connectivity index (χ3n) is 8.28. The molecule has 0 aliphatic carbocycles. The number of carboxylic acids is 1. The van der Waals surface area contributed by atoms with E-state index in [-0.39, 0.29) is 23.9 Å². The van der Waals surface area contributed by atoms with Crippen molar-refractivity contribution in [1.29, 1.82) is 0 Å². The van der Waals surface area contributed by atoms with Gasteiger partial charge in [-0.2, -0.15) is 9.97 Å². The number of carbonyl (C=O) groups is 1. The van der Waals surface area contributed by atoms with Crippen LogP contribution in [0.4, 0.5) is 5.82 Å². The molecule has 12 nitrogen and oxygen atoms in total. The zero-order valence-electron chi connectivity index (χ0n) is 26.1. The number of benzene rings is 2. The third kappa shape index (κ3) is 8.61. The molecule has 4 N–H and O–H groups in total. The standard InChI is InChI=1S/C33H43N7O5/c1-3-4-17-45-32-36-30(34)29-31(37-32)40(33(43)35-29)22-24-10-8-23(9-11-24)21-39-14-12-26(13-15-39)38(2)16-18-44-27-7-5-6-25(19-27)20-28(41)42/h5-11,19,26H,3-4,12-18,20-22H2,1-2H3,(H,35,43)(H,41,42)(H2,34,36,37). The van der Waals surface area contributed by atoms with Gasteiger partial charge in [0.15, 0.2) is 11.5 Å². The van der Waals surface area contributed by atoms with Gasteiger partial charge in [0, 0.05) is 19.1 Å². The molecular formula is C33H43N7O5. The van der Waals surface area contributed by atoms with Crippen LogP contribution in [-0.4, -0.2) is 86.3 Å². The number of imidazole rings is 1. The Morgan fingerprint density at radius 3 is 2.49 bits per heavy atom. The Kier molecular flexibility index (Phi) is 10.7. The second-order valence-corrected chi connectivity index (χ2v) is 11.7. The fraction of sp³-hybridized carbons (Fsp3) is 0.455. The highest BCUT2D eigenvalue weighted by Crippen LogP contribution is 2.21. The summed E-state index contributed by atoms with van der Waals surface area (Å²) >= 11 is 0. The number of hydrogen-bond donors (Lipinski definition) is 3. The quantitative estimate of drug-likeness (QED) is 0.169. The number of hydrogen-bond acceptors (Lipinski definition) is 9. The highest BCUT2D eigenvalue weighted by Gasteiger charge is 2.22. The van der Waals surface area contributed by atoms with Gasteiger partial charge in [-0.15, -0.1) is 0 Å². The zero-order valence-corrected chi connectivity index (χ0v) is 26.1. The van der Waals surface area contributed by atoms with Gasteiger partial charge in [-0.3, -0.25) is 19.2 Å². The lowest BCUT2D eigenvalue weighted by Gasteiger charge is -2.36. The van der Waals surface area contributed by atoms with Crippen molar-refractivity contribution < 1.29 is 19.4 Å². The lowest BCUT2D eigenvalue weighted by Crippen LogP contribution is -2.44. The first kappa shape index (κ1) is 32.0. The van der Waals surface area contributed by atoms with Crippen LogP contribution in [0.1, 0.15) is 49.3 Å². The summed E-state index contributed by atoms with van der Waals surface area (Å²) in [4.78, 5) is 40.0. The molecule has 1 aliphatic heterocycles. The number of anilines is 1. The summed E-state index contributed by atoms with van der Waals surface area (Å²) in [6.45, 7) is 7.20. The number of nitrogen functional groups attached to an aromatic ring is 1. The van der Waals surface area contributed by atoms with Crippen LogP contribution in [-0.2, 0) is 24.3 Å². The molecule has 5 rings (SSSR count). The van der Waals surface area contributed by atoms with E-state index in [9.17, 15) is 9.59 Å². The number of likely N-dealkylation sites (tertiary alicyclic amines) is 1. The number of aromatic nitrogens is 4. The maximum Gasteiger partial charge on any atom is 0.328 e. The number of piperidine rings is 1. The van der Waals surface area contributed by atoms with Crippen molar-refractivity contribution in [2.45, 2.75) is 58.2 Å². The van der Waals surface area contributed by atoms with Crippen LogP contribution in [0.3, 0.4) is 0 Å². The lowest BCUT2D eigenvalue weighted by atomic mass is 10.0. The fourth-order valence-corrected chi connectivity index (χ4v) is 5.67. The molecule has 1 aliphatic rings. The first-order chi connectivity index (χ1) is 21.8. The molecule has 2 aromatic heterocycles. The minimum Gasteiger partial charge on any atom is -0.492 e.